The summed E-state index contributed by atoms with van der Waals surface area (Å²) in [4.78, 5) is 11.6. The predicted octanol–water partition coefficient (Wildman–Crippen LogP) is 3.27. The van der Waals surface area contributed by atoms with Crippen molar-refractivity contribution in [2.75, 3.05) is 7.11 Å². The Morgan fingerprint density at radius 1 is 1.40 bits per heavy atom. The van der Waals surface area contributed by atoms with E-state index >= 15 is 0 Å². The Morgan fingerprint density at radius 3 is 2.60 bits per heavy atom. The maximum absolute atomic E-state index is 12.7. The number of carbonyl (C=O) groups is 1. The van der Waals surface area contributed by atoms with E-state index in [0.29, 0.717) is 6.54 Å². The van der Waals surface area contributed by atoms with Crippen LogP contribution in [-0.4, -0.2) is 22.9 Å². The zero-order chi connectivity index (χ0) is 14.8. The van der Waals surface area contributed by atoms with Gasteiger partial charge in [-0.2, -0.15) is 18.3 Å². The van der Waals surface area contributed by atoms with Crippen LogP contribution in [0.1, 0.15) is 48.3 Å². The molecule has 0 bridgehead atoms. The Bertz CT molecular complexity index is 476. The monoisotopic (exact) mass is 290 g/mol. The van der Waals surface area contributed by atoms with E-state index in [4.69, 9.17) is 0 Å². The average Bonchev–Trinajstić information content (AvgIpc) is 2.83. The van der Waals surface area contributed by atoms with Gasteiger partial charge in [-0.15, -0.1) is 0 Å². The summed E-state index contributed by atoms with van der Waals surface area (Å²) in [7, 11) is 1.15. The fourth-order valence-corrected chi connectivity index (χ4v) is 2.58. The van der Waals surface area contributed by atoms with Crippen LogP contribution in [0.3, 0.4) is 0 Å². The minimum Gasteiger partial charge on any atom is -0.464 e. The summed E-state index contributed by atoms with van der Waals surface area (Å²) in [5.74, 6) is -0.517. The van der Waals surface area contributed by atoms with Crippen molar-refractivity contribution in [2.45, 2.75) is 44.8 Å². The summed E-state index contributed by atoms with van der Waals surface area (Å²) in [6.45, 7) is 0.334. The van der Waals surface area contributed by atoms with Crippen LogP contribution in [-0.2, 0) is 17.5 Å². The predicted molar refractivity (Wildman–Crippen MR) is 65.1 cm³/mol. The van der Waals surface area contributed by atoms with Crippen molar-refractivity contribution in [1.82, 2.24) is 9.78 Å². The van der Waals surface area contributed by atoms with Crippen LogP contribution >= 0.6 is 0 Å². The molecule has 1 aromatic heterocycles. The lowest BCUT2D eigenvalue weighted by molar-refractivity contribution is -0.141. The number of nitrogens with zero attached hydrogens (tertiary/aromatic N) is 2. The smallest absolute Gasteiger partial charge is 0.435 e. The molecule has 0 amide bonds. The molecule has 1 aromatic rings. The number of esters is 1. The summed E-state index contributed by atoms with van der Waals surface area (Å²) in [5.41, 5.74) is -1.18. The molecule has 112 valence electrons. The molecule has 0 N–H and O–H groups in total. The standard InChI is InChI=1S/C13H17F3N2O2/c1-20-12(19)10-7-11(13(14,15)16)17-18(10)8-9-5-3-2-4-6-9/h7,9H,2-6,8H2,1H3. The third kappa shape index (κ3) is 3.32. The number of halogens is 3. The van der Waals surface area contributed by atoms with E-state index in [1.54, 1.807) is 0 Å². The number of carbonyl (C=O) groups excluding carboxylic acids is 1. The summed E-state index contributed by atoms with van der Waals surface area (Å²) in [5, 5.41) is 3.54. The Hall–Kier alpha value is -1.53. The lowest BCUT2D eigenvalue weighted by Gasteiger charge is -2.21. The summed E-state index contributed by atoms with van der Waals surface area (Å²) in [6, 6.07) is 0.759. The van der Waals surface area contributed by atoms with Crippen molar-refractivity contribution >= 4 is 5.97 Å². The largest absolute Gasteiger partial charge is 0.464 e. The number of aromatic nitrogens is 2. The number of hydrogen-bond donors (Lipinski definition) is 0. The maximum atomic E-state index is 12.7. The minimum atomic E-state index is -4.55. The number of alkyl halides is 3. The van der Waals surface area contributed by atoms with Crippen molar-refractivity contribution in [3.05, 3.63) is 17.5 Å². The van der Waals surface area contributed by atoms with Crippen molar-refractivity contribution in [2.24, 2.45) is 5.92 Å². The molecule has 0 aliphatic heterocycles. The third-order valence-corrected chi connectivity index (χ3v) is 3.62. The average molecular weight is 290 g/mol. The highest BCUT2D eigenvalue weighted by Crippen LogP contribution is 2.30. The topological polar surface area (TPSA) is 44.1 Å². The van der Waals surface area contributed by atoms with Gasteiger partial charge in [0.05, 0.1) is 7.11 Å². The van der Waals surface area contributed by atoms with E-state index in [9.17, 15) is 18.0 Å². The van der Waals surface area contributed by atoms with Gasteiger partial charge >= 0.3 is 12.1 Å². The van der Waals surface area contributed by atoms with Crippen molar-refractivity contribution in [3.8, 4) is 0 Å². The van der Waals surface area contributed by atoms with Crippen LogP contribution in [0.4, 0.5) is 13.2 Å². The minimum absolute atomic E-state index is 0.134. The summed E-state index contributed by atoms with van der Waals surface area (Å²) < 4.78 is 43.8. The highest BCUT2D eigenvalue weighted by atomic mass is 19.4. The van der Waals surface area contributed by atoms with E-state index in [1.807, 2.05) is 0 Å². The summed E-state index contributed by atoms with van der Waals surface area (Å²) in [6.07, 6.45) is 0.675. The van der Waals surface area contributed by atoms with Crippen LogP contribution in [0.25, 0.3) is 0 Å². The number of ether oxygens (including phenoxy) is 1. The first-order valence-electron chi connectivity index (χ1n) is 6.65. The van der Waals surface area contributed by atoms with Gasteiger partial charge in [0, 0.05) is 12.6 Å². The molecule has 0 unspecified atom stereocenters. The Morgan fingerprint density at radius 2 is 2.05 bits per heavy atom. The van der Waals surface area contributed by atoms with E-state index in [0.717, 1.165) is 50.0 Å². The summed E-state index contributed by atoms with van der Waals surface area (Å²) >= 11 is 0. The van der Waals surface area contributed by atoms with Gasteiger partial charge in [0.2, 0.25) is 0 Å². The van der Waals surface area contributed by atoms with Crippen molar-refractivity contribution < 1.29 is 22.7 Å². The van der Waals surface area contributed by atoms with Crippen molar-refractivity contribution in [3.63, 3.8) is 0 Å². The molecule has 1 aliphatic rings. The molecule has 0 spiro atoms. The van der Waals surface area contributed by atoms with Crippen LogP contribution in [0.5, 0.6) is 0 Å². The van der Waals surface area contributed by atoms with Crippen molar-refractivity contribution in [1.29, 1.82) is 0 Å². The van der Waals surface area contributed by atoms with Gasteiger partial charge in [0.25, 0.3) is 0 Å². The molecule has 4 nitrogen and oxygen atoms in total. The molecule has 7 heteroatoms. The Balaban J connectivity index is 2.24. The number of methoxy groups -OCH3 is 1. The van der Waals surface area contributed by atoms with E-state index in [1.165, 1.54) is 0 Å². The Labute approximate surface area is 114 Å². The molecule has 0 atom stereocenters. The molecule has 1 heterocycles. The normalized spacial score (nSPS) is 17.2. The zero-order valence-electron chi connectivity index (χ0n) is 11.2. The fourth-order valence-electron chi connectivity index (χ4n) is 2.58. The van der Waals surface area contributed by atoms with Crippen LogP contribution in [0.2, 0.25) is 0 Å². The highest BCUT2D eigenvalue weighted by molar-refractivity contribution is 5.87. The lowest BCUT2D eigenvalue weighted by Crippen LogP contribution is -2.19. The quantitative estimate of drug-likeness (QED) is 0.802. The molecular weight excluding hydrogens is 273 g/mol. The lowest BCUT2D eigenvalue weighted by atomic mass is 9.89. The molecule has 1 aliphatic carbocycles. The molecule has 0 aromatic carbocycles. The van der Waals surface area contributed by atoms with Gasteiger partial charge in [-0.3, -0.25) is 4.68 Å². The first-order chi connectivity index (χ1) is 9.41. The second kappa shape index (κ2) is 5.85. The van der Waals surface area contributed by atoms with E-state index in [-0.39, 0.29) is 11.6 Å². The van der Waals surface area contributed by atoms with Crippen LogP contribution in [0.15, 0.2) is 6.07 Å². The van der Waals surface area contributed by atoms with Crippen LogP contribution < -0.4 is 0 Å². The van der Waals surface area contributed by atoms with Gasteiger partial charge in [0.1, 0.15) is 5.69 Å². The second-order valence-electron chi connectivity index (χ2n) is 5.09. The maximum Gasteiger partial charge on any atom is 0.435 e. The fraction of sp³-hybridized carbons (Fsp3) is 0.692. The molecule has 1 saturated carbocycles. The SMILES string of the molecule is COC(=O)c1cc(C(F)(F)F)nn1CC1CCCCC1. The van der Waals surface area contributed by atoms with Gasteiger partial charge in [-0.05, 0) is 18.8 Å². The number of rotatable bonds is 3. The third-order valence-electron chi connectivity index (χ3n) is 3.62. The molecule has 2 rings (SSSR count). The molecule has 0 radical (unpaired) electrons. The number of hydrogen-bond acceptors (Lipinski definition) is 3. The zero-order valence-corrected chi connectivity index (χ0v) is 11.2. The van der Waals surface area contributed by atoms with Gasteiger partial charge in [0.15, 0.2) is 5.69 Å². The first-order valence-corrected chi connectivity index (χ1v) is 6.65. The molecule has 0 saturated heterocycles. The van der Waals surface area contributed by atoms with Gasteiger partial charge in [-0.25, -0.2) is 4.79 Å². The first kappa shape index (κ1) is 14.9. The highest BCUT2D eigenvalue weighted by Gasteiger charge is 2.36. The van der Waals surface area contributed by atoms with Gasteiger partial charge in [-0.1, -0.05) is 19.3 Å². The molecule has 1 fully saturated rings. The van der Waals surface area contributed by atoms with E-state index in [2.05, 4.69) is 9.84 Å². The second-order valence-corrected chi connectivity index (χ2v) is 5.09. The molecule has 20 heavy (non-hydrogen) atoms. The van der Waals surface area contributed by atoms with Crippen LogP contribution in [0, 0.1) is 5.92 Å². The molecular formula is C13H17F3N2O2. The van der Waals surface area contributed by atoms with E-state index < -0.39 is 17.8 Å². The van der Waals surface area contributed by atoms with Gasteiger partial charge < -0.3 is 4.74 Å². The Kier molecular flexibility index (Phi) is 4.35.